The number of allylic oxidation sites excluding steroid dienone is 2. The summed E-state index contributed by atoms with van der Waals surface area (Å²) < 4.78 is 0.925. The Labute approximate surface area is 226 Å². The third-order valence-corrected chi connectivity index (χ3v) is 8.07. The third kappa shape index (κ3) is 5.90. The Morgan fingerprint density at radius 1 is 1.08 bits per heavy atom. The first kappa shape index (κ1) is 25.8. The van der Waals surface area contributed by atoms with Gasteiger partial charge in [0.1, 0.15) is 0 Å². The first-order chi connectivity index (χ1) is 17.4. The van der Waals surface area contributed by atoms with Crippen molar-refractivity contribution in [2.45, 2.75) is 19.8 Å². The van der Waals surface area contributed by atoms with Gasteiger partial charge in [-0.1, -0.05) is 52.0 Å². The maximum atomic E-state index is 13.5. The Balaban J connectivity index is 1.58. The number of benzene rings is 2. The first-order valence-corrected chi connectivity index (χ1v) is 13.7. The van der Waals surface area contributed by atoms with Crippen LogP contribution in [0.1, 0.15) is 23.3 Å². The van der Waals surface area contributed by atoms with E-state index in [0.717, 1.165) is 20.6 Å². The van der Waals surface area contributed by atoms with Crippen molar-refractivity contribution in [1.29, 1.82) is 5.26 Å². The summed E-state index contributed by atoms with van der Waals surface area (Å²) in [6.45, 7) is 3.76. The summed E-state index contributed by atoms with van der Waals surface area (Å²) in [7, 11) is 0. The molecule has 0 fully saturated rings. The van der Waals surface area contributed by atoms with E-state index in [1.165, 1.54) is 23.1 Å². The molecule has 1 aliphatic heterocycles. The largest absolute Gasteiger partial charge is 0.353 e. The van der Waals surface area contributed by atoms with Crippen molar-refractivity contribution in [3.63, 3.8) is 0 Å². The fourth-order valence-corrected chi connectivity index (χ4v) is 5.84. The summed E-state index contributed by atoms with van der Waals surface area (Å²) in [5, 5.41) is 21.8. The molecule has 2 aromatic carbocycles. The molecule has 36 heavy (non-hydrogen) atoms. The highest BCUT2D eigenvalue weighted by atomic mass is 79.9. The second-order valence-corrected chi connectivity index (χ2v) is 11.0. The van der Waals surface area contributed by atoms with E-state index < -0.39 is 5.92 Å². The minimum absolute atomic E-state index is 0.110. The normalized spacial score (nSPS) is 15.2. The Hall–Kier alpha value is -3.32. The number of hydrogen-bond donors (Lipinski definition) is 3. The molecule has 0 saturated heterocycles. The van der Waals surface area contributed by atoms with Crippen LogP contribution >= 0.6 is 39.0 Å². The average Bonchev–Trinajstić information content (AvgIpc) is 3.39. The van der Waals surface area contributed by atoms with Gasteiger partial charge in [0.25, 0.3) is 5.91 Å². The SMILES string of the molecule is CC1=C(C(=O)Nc2ccccc2C)[C@H](c2cccs2)C(C#N)=C(SCC(=O)Nc2ccc(Br)cc2)N1. The fraction of sp³-hybridized carbons (Fsp3) is 0.148. The summed E-state index contributed by atoms with van der Waals surface area (Å²) in [6.07, 6.45) is 0. The van der Waals surface area contributed by atoms with Crippen molar-refractivity contribution in [2.75, 3.05) is 16.4 Å². The molecular formula is C27H23BrN4O2S2. The van der Waals surface area contributed by atoms with Crippen LogP contribution in [0.5, 0.6) is 0 Å². The third-order valence-electron chi connectivity index (χ3n) is 5.59. The van der Waals surface area contributed by atoms with Gasteiger partial charge in [-0.05, 0) is 61.2 Å². The van der Waals surface area contributed by atoms with Gasteiger partial charge >= 0.3 is 0 Å². The molecule has 0 unspecified atom stereocenters. The number of amides is 2. The van der Waals surface area contributed by atoms with Crippen LogP contribution < -0.4 is 16.0 Å². The molecule has 2 heterocycles. The summed E-state index contributed by atoms with van der Waals surface area (Å²) in [6, 6.07) is 21.0. The quantitative estimate of drug-likeness (QED) is 0.296. The predicted octanol–water partition coefficient (Wildman–Crippen LogP) is 6.53. The average molecular weight is 580 g/mol. The minimum Gasteiger partial charge on any atom is -0.353 e. The summed E-state index contributed by atoms with van der Waals surface area (Å²) in [5.41, 5.74) is 3.91. The number of dihydropyridines is 1. The molecule has 4 rings (SSSR count). The smallest absolute Gasteiger partial charge is 0.254 e. The molecule has 0 radical (unpaired) electrons. The molecule has 0 saturated carbocycles. The first-order valence-electron chi connectivity index (χ1n) is 11.1. The Morgan fingerprint density at radius 2 is 1.83 bits per heavy atom. The summed E-state index contributed by atoms with van der Waals surface area (Å²) >= 11 is 6.12. The van der Waals surface area contributed by atoms with Gasteiger partial charge in [-0.15, -0.1) is 11.3 Å². The van der Waals surface area contributed by atoms with Crippen LogP contribution in [0.3, 0.4) is 0 Å². The van der Waals surface area contributed by atoms with Gasteiger partial charge in [0.2, 0.25) is 5.91 Å². The van der Waals surface area contributed by atoms with E-state index in [4.69, 9.17) is 0 Å². The number of halogens is 1. The number of rotatable bonds is 7. The lowest BCUT2D eigenvalue weighted by molar-refractivity contribution is -0.114. The van der Waals surface area contributed by atoms with Crippen LogP contribution in [-0.4, -0.2) is 17.6 Å². The van der Waals surface area contributed by atoms with Crippen LogP contribution in [0.15, 0.2) is 92.4 Å². The van der Waals surface area contributed by atoms with Gasteiger partial charge in [0.15, 0.2) is 0 Å². The topological polar surface area (TPSA) is 94.0 Å². The van der Waals surface area contributed by atoms with Crippen LogP contribution in [0, 0.1) is 18.3 Å². The number of nitriles is 1. The Morgan fingerprint density at radius 3 is 2.50 bits per heavy atom. The summed E-state index contributed by atoms with van der Waals surface area (Å²) in [4.78, 5) is 27.0. The number of thiophene rings is 1. The molecule has 1 aromatic heterocycles. The molecule has 3 N–H and O–H groups in total. The molecule has 3 aromatic rings. The van der Waals surface area contributed by atoms with Crippen LogP contribution in [0.25, 0.3) is 0 Å². The molecular weight excluding hydrogens is 556 g/mol. The van der Waals surface area contributed by atoms with Gasteiger partial charge < -0.3 is 16.0 Å². The van der Waals surface area contributed by atoms with Gasteiger partial charge in [0, 0.05) is 32.0 Å². The van der Waals surface area contributed by atoms with Crippen LogP contribution in [-0.2, 0) is 9.59 Å². The molecule has 9 heteroatoms. The van der Waals surface area contributed by atoms with Crippen molar-refractivity contribution < 1.29 is 9.59 Å². The monoisotopic (exact) mass is 578 g/mol. The van der Waals surface area contributed by atoms with E-state index in [1.54, 1.807) is 0 Å². The zero-order valence-corrected chi connectivity index (χ0v) is 22.8. The Bertz CT molecular complexity index is 1390. The van der Waals surface area contributed by atoms with E-state index in [9.17, 15) is 14.9 Å². The number of hydrogen-bond acceptors (Lipinski definition) is 6. The van der Waals surface area contributed by atoms with E-state index in [-0.39, 0.29) is 17.6 Å². The standard InChI is InChI=1S/C27H23BrN4O2S2/c1-16-6-3-4-7-21(16)32-26(34)24-17(2)30-27(20(14-29)25(24)22-8-5-13-35-22)36-15-23(33)31-19-11-9-18(28)10-12-19/h3-13,25,30H,15H2,1-2H3,(H,31,33)(H,32,34)/t25-/m0/s1. The van der Waals surface area contributed by atoms with Crippen LogP contribution in [0.4, 0.5) is 11.4 Å². The molecule has 0 aliphatic carbocycles. The second-order valence-electron chi connectivity index (χ2n) is 8.08. The zero-order chi connectivity index (χ0) is 25.7. The van der Waals surface area contributed by atoms with Gasteiger partial charge in [-0.3, -0.25) is 9.59 Å². The van der Waals surface area contributed by atoms with Crippen LogP contribution in [0.2, 0.25) is 0 Å². The van der Waals surface area contributed by atoms with Gasteiger partial charge in [0.05, 0.1) is 28.3 Å². The highest BCUT2D eigenvalue weighted by Gasteiger charge is 2.35. The number of carbonyl (C=O) groups excluding carboxylic acids is 2. The maximum absolute atomic E-state index is 13.5. The Kier molecular flexibility index (Phi) is 8.31. The van der Waals surface area contributed by atoms with Crippen molar-refractivity contribution in [3.8, 4) is 6.07 Å². The molecule has 2 amide bonds. The molecule has 0 bridgehead atoms. The maximum Gasteiger partial charge on any atom is 0.254 e. The summed E-state index contributed by atoms with van der Waals surface area (Å²) in [5.74, 6) is -0.875. The van der Waals surface area contributed by atoms with Crippen molar-refractivity contribution in [1.82, 2.24) is 5.32 Å². The van der Waals surface area contributed by atoms with E-state index in [0.29, 0.717) is 27.6 Å². The molecule has 1 aliphatic rings. The van der Waals surface area contributed by atoms with E-state index in [2.05, 4.69) is 37.9 Å². The predicted molar refractivity (Wildman–Crippen MR) is 151 cm³/mol. The van der Waals surface area contributed by atoms with E-state index in [1.807, 2.05) is 79.9 Å². The van der Waals surface area contributed by atoms with Crippen molar-refractivity contribution >= 4 is 62.2 Å². The van der Waals surface area contributed by atoms with Gasteiger partial charge in [-0.2, -0.15) is 5.26 Å². The molecule has 182 valence electrons. The van der Waals surface area contributed by atoms with Crippen molar-refractivity contribution in [2.24, 2.45) is 0 Å². The molecule has 0 spiro atoms. The number of nitrogens with one attached hydrogen (secondary N) is 3. The molecule has 6 nitrogen and oxygen atoms in total. The number of aryl methyl sites for hydroxylation is 1. The van der Waals surface area contributed by atoms with Crippen molar-refractivity contribution in [3.05, 3.63) is 103 Å². The number of anilines is 2. The zero-order valence-electron chi connectivity index (χ0n) is 19.6. The van der Waals surface area contributed by atoms with E-state index >= 15 is 0 Å². The van der Waals surface area contributed by atoms with Gasteiger partial charge in [-0.25, -0.2) is 0 Å². The lowest BCUT2D eigenvalue weighted by atomic mass is 9.86. The number of carbonyl (C=O) groups is 2. The number of nitrogens with zero attached hydrogens (tertiary/aromatic N) is 1. The second kappa shape index (κ2) is 11.6. The molecule has 1 atom stereocenters. The number of thioether (sulfide) groups is 1. The highest BCUT2D eigenvalue weighted by molar-refractivity contribution is 9.10. The fourth-order valence-electron chi connectivity index (χ4n) is 3.84. The minimum atomic E-state index is -0.530. The number of para-hydroxylation sites is 1. The highest BCUT2D eigenvalue weighted by Crippen LogP contribution is 2.42. The lowest BCUT2D eigenvalue weighted by Gasteiger charge is -2.29. The lowest BCUT2D eigenvalue weighted by Crippen LogP contribution is -2.31.